The molecule has 26 heavy (non-hydrogen) atoms. The van der Waals surface area contributed by atoms with Crippen LogP contribution in [0.4, 0.5) is 0 Å². The molecule has 3 rings (SSSR count). The van der Waals surface area contributed by atoms with Crippen molar-refractivity contribution < 1.29 is 19.4 Å². The van der Waals surface area contributed by atoms with Gasteiger partial charge in [-0.15, -0.1) is 0 Å². The molecule has 0 radical (unpaired) electrons. The molecule has 2 N–H and O–H groups in total. The van der Waals surface area contributed by atoms with Gasteiger partial charge >= 0.3 is 5.97 Å². The van der Waals surface area contributed by atoms with Crippen LogP contribution in [0.15, 0.2) is 36.4 Å². The van der Waals surface area contributed by atoms with Crippen molar-refractivity contribution in [2.24, 2.45) is 0 Å². The number of aromatic amines is 1. The van der Waals surface area contributed by atoms with Gasteiger partial charge in [-0.2, -0.15) is 0 Å². The number of carboxylic acid groups (broad SMARTS) is 1. The van der Waals surface area contributed by atoms with Crippen LogP contribution in [0.5, 0.6) is 11.5 Å². The maximum atomic E-state index is 11.5. The van der Waals surface area contributed by atoms with Crippen molar-refractivity contribution in [3.8, 4) is 22.8 Å². The van der Waals surface area contributed by atoms with Gasteiger partial charge in [0.15, 0.2) is 11.5 Å². The van der Waals surface area contributed by atoms with Crippen LogP contribution in [-0.4, -0.2) is 30.3 Å². The van der Waals surface area contributed by atoms with E-state index in [0.29, 0.717) is 17.4 Å². The molecule has 5 nitrogen and oxygen atoms in total. The van der Waals surface area contributed by atoms with Gasteiger partial charge in [-0.25, -0.2) is 0 Å². The SMILES string of the molecule is COc1ccc(-c2[nH]c3ccc(C(C)C)cc3c2CC(=O)O)cc1OC. The van der Waals surface area contributed by atoms with E-state index in [0.717, 1.165) is 27.7 Å². The molecular formula is C21H23NO4. The zero-order valence-electron chi connectivity index (χ0n) is 15.4. The van der Waals surface area contributed by atoms with Crippen LogP contribution in [0.3, 0.4) is 0 Å². The maximum Gasteiger partial charge on any atom is 0.307 e. The van der Waals surface area contributed by atoms with E-state index in [1.807, 2.05) is 24.3 Å². The molecule has 3 aromatic rings. The van der Waals surface area contributed by atoms with Gasteiger partial charge in [-0.05, 0) is 47.4 Å². The number of carbonyl (C=O) groups is 1. The summed E-state index contributed by atoms with van der Waals surface area (Å²) in [6.45, 7) is 4.25. The first kappa shape index (κ1) is 17.9. The molecule has 2 aromatic carbocycles. The van der Waals surface area contributed by atoms with Crippen molar-refractivity contribution in [2.45, 2.75) is 26.2 Å². The Hall–Kier alpha value is -2.95. The average Bonchev–Trinajstić information content (AvgIpc) is 2.98. The number of nitrogens with one attached hydrogen (secondary N) is 1. The maximum absolute atomic E-state index is 11.5. The molecule has 1 heterocycles. The van der Waals surface area contributed by atoms with Gasteiger partial charge in [-0.3, -0.25) is 4.79 Å². The highest BCUT2D eigenvalue weighted by atomic mass is 16.5. The summed E-state index contributed by atoms with van der Waals surface area (Å²) < 4.78 is 10.7. The molecule has 0 fully saturated rings. The zero-order valence-corrected chi connectivity index (χ0v) is 15.4. The number of aromatic nitrogens is 1. The van der Waals surface area contributed by atoms with Crippen molar-refractivity contribution in [3.05, 3.63) is 47.5 Å². The second-order valence-electron chi connectivity index (χ2n) is 6.58. The quantitative estimate of drug-likeness (QED) is 0.679. The van der Waals surface area contributed by atoms with E-state index >= 15 is 0 Å². The fourth-order valence-corrected chi connectivity index (χ4v) is 3.20. The predicted molar refractivity (Wildman–Crippen MR) is 102 cm³/mol. The van der Waals surface area contributed by atoms with Gasteiger partial charge in [0, 0.05) is 16.5 Å². The number of benzene rings is 2. The summed E-state index contributed by atoms with van der Waals surface area (Å²) in [5, 5.41) is 10.4. The van der Waals surface area contributed by atoms with E-state index in [-0.39, 0.29) is 6.42 Å². The highest BCUT2D eigenvalue weighted by Crippen LogP contribution is 2.37. The number of rotatable bonds is 6. The number of hydrogen-bond donors (Lipinski definition) is 2. The van der Waals surface area contributed by atoms with Crippen molar-refractivity contribution in [2.75, 3.05) is 14.2 Å². The Labute approximate surface area is 152 Å². The minimum Gasteiger partial charge on any atom is -0.493 e. The van der Waals surface area contributed by atoms with Gasteiger partial charge in [0.1, 0.15) is 0 Å². The highest BCUT2D eigenvalue weighted by molar-refractivity contribution is 5.94. The van der Waals surface area contributed by atoms with E-state index in [1.54, 1.807) is 14.2 Å². The summed E-state index contributed by atoms with van der Waals surface area (Å²) in [5.74, 6) is 0.751. The molecule has 136 valence electrons. The lowest BCUT2D eigenvalue weighted by Gasteiger charge is -2.10. The number of carboxylic acids is 1. The number of hydrogen-bond acceptors (Lipinski definition) is 3. The molecule has 1 aromatic heterocycles. The van der Waals surface area contributed by atoms with Crippen LogP contribution in [0.2, 0.25) is 0 Å². The molecule has 0 aliphatic carbocycles. The fourth-order valence-electron chi connectivity index (χ4n) is 3.20. The smallest absolute Gasteiger partial charge is 0.307 e. The Morgan fingerprint density at radius 2 is 1.81 bits per heavy atom. The van der Waals surface area contributed by atoms with Crippen molar-refractivity contribution >= 4 is 16.9 Å². The van der Waals surface area contributed by atoms with Gasteiger partial charge in [0.2, 0.25) is 0 Å². The summed E-state index contributed by atoms with van der Waals surface area (Å²) in [6, 6.07) is 11.8. The predicted octanol–water partition coefficient (Wildman–Crippen LogP) is 4.60. The minimum absolute atomic E-state index is 0.0504. The van der Waals surface area contributed by atoms with Gasteiger partial charge in [0.25, 0.3) is 0 Å². The third kappa shape index (κ3) is 3.25. The van der Waals surface area contributed by atoms with Gasteiger partial charge in [0.05, 0.1) is 26.3 Å². The minimum atomic E-state index is -0.859. The molecular weight excluding hydrogens is 330 g/mol. The number of fused-ring (bicyclic) bond motifs is 1. The molecule has 0 aliphatic rings. The van der Waals surface area contributed by atoms with E-state index in [2.05, 4.69) is 31.0 Å². The third-order valence-corrected chi connectivity index (χ3v) is 4.60. The van der Waals surface area contributed by atoms with E-state index in [9.17, 15) is 9.90 Å². The van der Waals surface area contributed by atoms with Crippen LogP contribution >= 0.6 is 0 Å². The van der Waals surface area contributed by atoms with Crippen molar-refractivity contribution in [3.63, 3.8) is 0 Å². The van der Waals surface area contributed by atoms with Crippen molar-refractivity contribution in [1.29, 1.82) is 0 Å². The lowest BCUT2D eigenvalue weighted by Crippen LogP contribution is -2.01. The number of H-pyrrole nitrogens is 1. The summed E-state index contributed by atoms with van der Waals surface area (Å²) in [4.78, 5) is 14.9. The topological polar surface area (TPSA) is 71.6 Å². The lowest BCUT2D eigenvalue weighted by molar-refractivity contribution is -0.136. The number of ether oxygens (including phenoxy) is 2. The largest absolute Gasteiger partial charge is 0.493 e. The Bertz CT molecular complexity index is 956. The molecule has 0 amide bonds. The molecule has 0 bridgehead atoms. The Kier molecular flexibility index (Phi) is 4.89. The van der Waals surface area contributed by atoms with E-state index in [1.165, 1.54) is 5.56 Å². The zero-order chi connectivity index (χ0) is 18.8. The standard InChI is InChI=1S/C21H23NO4/c1-12(2)13-5-7-17-15(9-13)16(11-20(23)24)21(22-17)14-6-8-18(25-3)19(10-14)26-4/h5-10,12,22H,11H2,1-4H3,(H,23,24). The molecule has 0 aliphatic heterocycles. The number of methoxy groups -OCH3 is 2. The first-order valence-corrected chi connectivity index (χ1v) is 8.53. The summed E-state index contributed by atoms with van der Waals surface area (Å²) >= 11 is 0. The lowest BCUT2D eigenvalue weighted by atomic mass is 9.97. The summed E-state index contributed by atoms with van der Waals surface area (Å²) in [6.07, 6.45) is -0.0504. The second-order valence-corrected chi connectivity index (χ2v) is 6.58. The summed E-state index contributed by atoms with van der Waals surface area (Å²) in [7, 11) is 3.17. The third-order valence-electron chi connectivity index (χ3n) is 4.60. The van der Waals surface area contributed by atoms with Crippen LogP contribution < -0.4 is 9.47 Å². The first-order valence-electron chi connectivity index (χ1n) is 8.53. The van der Waals surface area contributed by atoms with E-state index in [4.69, 9.17) is 9.47 Å². The molecule has 0 saturated heterocycles. The molecule has 5 heteroatoms. The fraction of sp³-hybridized carbons (Fsp3) is 0.286. The molecule has 0 atom stereocenters. The molecule has 0 saturated carbocycles. The average molecular weight is 353 g/mol. The van der Waals surface area contributed by atoms with Crippen molar-refractivity contribution in [1.82, 2.24) is 4.98 Å². The Morgan fingerprint density at radius 3 is 2.42 bits per heavy atom. The monoisotopic (exact) mass is 353 g/mol. The van der Waals surface area contributed by atoms with Crippen LogP contribution in [0.1, 0.15) is 30.9 Å². The highest BCUT2D eigenvalue weighted by Gasteiger charge is 2.18. The summed E-state index contributed by atoms with van der Waals surface area (Å²) in [5.41, 5.74) is 4.55. The Balaban J connectivity index is 2.23. The first-order chi connectivity index (χ1) is 12.4. The molecule has 0 unspecified atom stereocenters. The van der Waals surface area contributed by atoms with Gasteiger partial charge < -0.3 is 19.6 Å². The van der Waals surface area contributed by atoms with Gasteiger partial charge in [-0.1, -0.05) is 19.9 Å². The normalized spacial score (nSPS) is 11.1. The molecule has 0 spiro atoms. The second kappa shape index (κ2) is 7.12. The van der Waals surface area contributed by atoms with E-state index < -0.39 is 5.97 Å². The van der Waals surface area contributed by atoms with Crippen LogP contribution in [0.25, 0.3) is 22.2 Å². The van der Waals surface area contributed by atoms with Crippen LogP contribution in [0, 0.1) is 0 Å². The Morgan fingerprint density at radius 1 is 1.08 bits per heavy atom. The van der Waals surface area contributed by atoms with Crippen LogP contribution in [-0.2, 0) is 11.2 Å². The number of aliphatic carboxylic acids is 1.